The molecule has 5 aromatic rings. The van der Waals surface area contributed by atoms with Crippen LogP contribution in [-0.2, 0) is 0 Å². The number of hydrogen-bond donors (Lipinski definition) is 3. The summed E-state index contributed by atoms with van der Waals surface area (Å²) in [5.41, 5.74) is 1.11. The summed E-state index contributed by atoms with van der Waals surface area (Å²) in [6.45, 7) is 0. The Morgan fingerprint density at radius 2 is 1.58 bits per heavy atom. The number of rotatable bonds is 3. The zero-order valence-corrected chi connectivity index (χ0v) is 17.6. The van der Waals surface area contributed by atoms with Gasteiger partial charge in [-0.15, -0.1) is 0 Å². The van der Waals surface area contributed by atoms with Crippen LogP contribution in [0.1, 0.15) is 23.7 Å². The van der Waals surface area contributed by atoms with Gasteiger partial charge < -0.3 is 20.1 Å². The first kappa shape index (κ1) is 19.3. The van der Waals surface area contributed by atoms with Crippen LogP contribution in [0.15, 0.2) is 54.6 Å². The van der Waals surface area contributed by atoms with Crippen LogP contribution in [-0.4, -0.2) is 37.4 Å². The Labute approximate surface area is 188 Å². The summed E-state index contributed by atoms with van der Waals surface area (Å²) in [6, 6.07) is 17.1. The molecule has 6 rings (SSSR count). The maximum absolute atomic E-state index is 10.4. The smallest absolute Gasteiger partial charge is 0.319 e. The maximum atomic E-state index is 10.4. The van der Waals surface area contributed by atoms with Crippen LogP contribution in [0.25, 0.3) is 39.0 Å². The van der Waals surface area contributed by atoms with Crippen molar-refractivity contribution in [1.82, 2.24) is 15.0 Å². The van der Waals surface area contributed by atoms with Crippen molar-refractivity contribution >= 4 is 27.6 Å². The van der Waals surface area contributed by atoms with Gasteiger partial charge in [0.2, 0.25) is 0 Å². The van der Waals surface area contributed by atoms with Gasteiger partial charge in [0.25, 0.3) is 0 Å². The fraction of sp³-hybridized carbons (Fsp3) is 0.115. The molecule has 0 saturated heterocycles. The molecule has 0 aliphatic heterocycles. The van der Waals surface area contributed by atoms with Crippen LogP contribution in [0, 0.1) is 0 Å². The van der Waals surface area contributed by atoms with Crippen LogP contribution in [0.4, 0.5) is 0 Å². The highest BCUT2D eigenvalue weighted by atomic mass is 16.5. The summed E-state index contributed by atoms with van der Waals surface area (Å²) in [4.78, 5) is 13.4. The van der Waals surface area contributed by atoms with E-state index in [2.05, 4.69) is 63.5 Å². The number of aromatic nitrogens is 3. The van der Waals surface area contributed by atoms with Gasteiger partial charge >= 0.3 is 6.01 Å². The summed E-state index contributed by atoms with van der Waals surface area (Å²) < 4.78 is 5.32. The lowest BCUT2D eigenvalue weighted by molar-refractivity contribution is 0.375. The minimum absolute atomic E-state index is 0.00635. The van der Waals surface area contributed by atoms with E-state index in [1.54, 1.807) is 0 Å². The first-order valence-corrected chi connectivity index (χ1v) is 10.5. The lowest BCUT2D eigenvalue weighted by atomic mass is 9.83. The molecule has 0 bridgehead atoms. The molecule has 4 aromatic carbocycles. The molecule has 1 aromatic heterocycles. The van der Waals surface area contributed by atoms with Crippen LogP contribution in [0.5, 0.6) is 23.3 Å². The van der Waals surface area contributed by atoms with Crippen molar-refractivity contribution in [3.8, 4) is 34.6 Å². The van der Waals surface area contributed by atoms with Crippen molar-refractivity contribution in [3.05, 3.63) is 71.2 Å². The van der Waals surface area contributed by atoms with Gasteiger partial charge in [0.1, 0.15) is 28.6 Å². The molecular weight excluding hydrogens is 418 g/mol. The van der Waals surface area contributed by atoms with Crippen molar-refractivity contribution in [2.24, 2.45) is 0 Å². The second kappa shape index (κ2) is 7.06. The van der Waals surface area contributed by atoms with E-state index in [1.165, 1.54) is 33.9 Å². The predicted octanol–water partition coefficient (Wildman–Crippen LogP) is 4.01. The summed E-state index contributed by atoms with van der Waals surface area (Å²) in [7, 11) is 1.45. The third kappa shape index (κ3) is 2.93. The zero-order valence-electron chi connectivity index (χ0n) is 17.6. The monoisotopic (exact) mass is 437 g/mol. The highest BCUT2D eigenvalue weighted by Gasteiger charge is 2.26. The minimum Gasteiger partial charge on any atom is -0.508 e. The molecule has 0 saturated carbocycles. The molecule has 0 radical (unpaired) electrons. The molecule has 33 heavy (non-hydrogen) atoms. The Hall–Kier alpha value is -4.39. The summed E-state index contributed by atoms with van der Waals surface area (Å²) in [5.74, 6) is -0.566. The normalized spacial score (nSPS) is 15.0. The predicted molar refractivity (Wildman–Crippen MR) is 124 cm³/mol. The maximum Gasteiger partial charge on any atom is 0.319 e. The van der Waals surface area contributed by atoms with Gasteiger partial charge in [-0.2, -0.15) is 9.97 Å². The van der Waals surface area contributed by atoms with E-state index >= 15 is 0 Å². The Kier molecular flexibility index (Phi) is 4.13. The third-order valence-electron chi connectivity index (χ3n) is 6.22. The van der Waals surface area contributed by atoms with Crippen LogP contribution in [0.3, 0.4) is 0 Å². The van der Waals surface area contributed by atoms with Gasteiger partial charge in [-0.3, -0.25) is 0 Å². The first-order chi connectivity index (χ1) is 16.0. The van der Waals surface area contributed by atoms with Crippen LogP contribution >= 0.6 is 0 Å². The molecule has 3 N–H and O–H groups in total. The number of hydrogen-bond acceptors (Lipinski definition) is 7. The molecular formula is C26H19N3O4. The average Bonchev–Trinajstić information content (AvgIpc) is 2.81. The van der Waals surface area contributed by atoms with Crippen LogP contribution < -0.4 is 9.96 Å². The number of phenolic OH excluding ortho intramolecular Hbond substituents is 3. The van der Waals surface area contributed by atoms with Crippen molar-refractivity contribution in [2.45, 2.75) is 12.3 Å². The highest BCUT2D eigenvalue weighted by molar-refractivity contribution is 6.12. The molecule has 1 aliphatic rings. The second-order valence-electron chi connectivity index (χ2n) is 8.12. The molecule has 1 atom stereocenters. The number of methoxy groups -OCH3 is 1. The fourth-order valence-electron chi connectivity index (χ4n) is 4.77. The van der Waals surface area contributed by atoms with Crippen molar-refractivity contribution in [3.63, 3.8) is 0 Å². The molecule has 0 spiro atoms. The number of aromatic hydroxyl groups is 3. The molecule has 7 nitrogen and oxygen atoms in total. The van der Waals surface area contributed by atoms with Gasteiger partial charge in [-0.05, 0) is 38.7 Å². The number of phenols is 3. The Balaban J connectivity index is 1.58. The first-order valence-electron chi connectivity index (χ1n) is 10.5. The lowest BCUT2D eigenvalue weighted by Gasteiger charge is -2.22. The van der Waals surface area contributed by atoms with E-state index in [4.69, 9.17) is 4.74 Å². The van der Waals surface area contributed by atoms with E-state index in [0.29, 0.717) is 12.2 Å². The number of ether oxygens (including phenoxy) is 1. The number of nitrogens with zero attached hydrogens (tertiary/aromatic N) is 3. The molecule has 1 unspecified atom stereocenters. The average molecular weight is 437 g/mol. The van der Waals surface area contributed by atoms with Gasteiger partial charge in [0.05, 0.1) is 7.11 Å². The van der Waals surface area contributed by atoms with E-state index in [9.17, 15) is 15.3 Å². The fourth-order valence-corrected chi connectivity index (χ4v) is 4.77. The quantitative estimate of drug-likeness (QED) is 0.391. The molecule has 1 aliphatic carbocycles. The third-order valence-corrected chi connectivity index (χ3v) is 6.22. The molecule has 7 heteroatoms. The SMILES string of the molecule is COc1nc(-c2c(O)cc(O)cc2O)nc(C2CC=c3ccc4cccc5ccc2c3c54)n1. The zero-order chi connectivity index (χ0) is 22.7. The summed E-state index contributed by atoms with van der Waals surface area (Å²) >= 11 is 0. The van der Waals surface area contributed by atoms with Gasteiger partial charge in [-0.1, -0.05) is 48.5 Å². The van der Waals surface area contributed by atoms with Crippen molar-refractivity contribution in [1.29, 1.82) is 0 Å². The number of benzene rings is 4. The van der Waals surface area contributed by atoms with Crippen molar-refractivity contribution < 1.29 is 20.1 Å². The summed E-state index contributed by atoms with van der Waals surface area (Å²) in [6.07, 6.45) is 2.87. The van der Waals surface area contributed by atoms with E-state index in [-0.39, 0.29) is 40.6 Å². The minimum atomic E-state index is -0.340. The lowest BCUT2D eigenvalue weighted by Crippen LogP contribution is -2.17. The molecule has 0 fully saturated rings. The van der Waals surface area contributed by atoms with Gasteiger partial charge in [0.15, 0.2) is 5.82 Å². The van der Waals surface area contributed by atoms with Crippen molar-refractivity contribution in [2.75, 3.05) is 7.11 Å². The summed E-state index contributed by atoms with van der Waals surface area (Å²) in [5, 5.41) is 36.3. The standard InChI is InChI=1S/C26H19N3O4/c1-33-26-28-24(27-25(29-26)23-19(31)11-16(30)12-20(23)32)18-10-8-15-6-5-13-3-2-4-14-7-9-17(18)22(15)21(13)14/h2-9,11-12,18,30-32H,10H2,1H3. The Morgan fingerprint density at radius 1 is 0.848 bits per heavy atom. The highest BCUT2D eigenvalue weighted by Crippen LogP contribution is 2.41. The second-order valence-corrected chi connectivity index (χ2v) is 8.12. The van der Waals surface area contributed by atoms with Crippen LogP contribution in [0.2, 0.25) is 0 Å². The topological polar surface area (TPSA) is 109 Å². The Morgan fingerprint density at radius 3 is 2.30 bits per heavy atom. The Bertz CT molecular complexity index is 1590. The largest absolute Gasteiger partial charge is 0.508 e. The van der Waals surface area contributed by atoms with Gasteiger partial charge in [0, 0.05) is 18.1 Å². The van der Waals surface area contributed by atoms with E-state index in [0.717, 1.165) is 17.7 Å². The van der Waals surface area contributed by atoms with E-state index in [1.807, 2.05) is 0 Å². The van der Waals surface area contributed by atoms with Gasteiger partial charge in [-0.25, -0.2) is 4.98 Å². The molecule has 1 heterocycles. The molecule has 162 valence electrons. The van der Waals surface area contributed by atoms with E-state index < -0.39 is 0 Å². The molecule has 0 amide bonds.